The highest BCUT2D eigenvalue weighted by Gasteiger charge is 2.03. The second-order valence-corrected chi connectivity index (χ2v) is 3.70. The number of unbranched alkanes of at least 4 members (excludes halogenated alkanes) is 2. The van der Waals surface area contributed by atoms with Gasteiger partial charge in [-0.3, -0.25) is 4.79 Å². The van der Waals surface area contributed by atoms with Crippen molar-refractivity contribution in [2.24, 2.45) is 0 Å². The Morgan fingerprint density at radius 3 is 2.53 bits per heavy atom. The average Bonchev–Trinajstić information content (AvgIpc) is 2.30. The van der Waals surface area contributed by atoms with Crippen LogP contribution in [0.25, 0.3) is 0 Å². The number of benzene rings is 1. The molecule has 0 heterocycles. The normalized spacial score (nSPS) is 10.2. The second-order valence-electron chi connectivity index (χ2n) is 3.70. The summed E-state index contributed by atoms with van der Waals surface area (Å²) >= 11 is 0. The molecule has 0 aliphatic rings. The lowest BCUT2D eigenvalue weighted by Gasteiger charge is -2.01. The van der Waals surface area contributed by atoms with Crippen LogP contribution < -0.4 is 5.32 Å². The third kappa shape index (κ3) is 4.75. The molecule has 0 bridgehead atoms. The Bertz CT molecular complexity index is 282. The molecule has 0 radical (unpaired) electrons. The van der Waals surface area contributed by atoms with Crippen molar-refractivity contribution in [3.05, 3.63) is 35.9 Å². The number of nitrogens with one attached hydrogen (secondary N) is 1. The number of hydrogen-bond acceptors (Lipinski definition) is 2. The van der Waals surface area contributed by atoms with E-state index in [0.29, 0.717) is 6.42 Å². The maximum Gasteiger partial charge on any atom is 0.162 e. The van der Waals surface area contributed by atoms with Gasteiger partial charge in [0.1, 0.15) is 0 Å². The van der Waals surface area contributed by atoms with Crippen LogP contribution in [0.5, 0.6) is 0 Å². The van der Waals surface area contributed by atoms with Crippen molar-refractivity contribution >= 4 is 5.78 Å². The Morgan fingerprint density at radius 1 is 1.13 bits per heavy atom. The number of ketones is 1. The maximum atomic E-state index is 11.7. The van der Waals surface area contributed by atoms with E-state index < -0.39 is 0 Å². The minimum absolute atomic E-state index is 0.264. The first-order valence-corrected chi connectivity index (χ1v) is 5.57. The van der Waals surface area contributed by atoms with E-state index in [9.17, 15) is 4.79 Å². The fourth-order valence-electron chi connectivity index (χ4n) is 1.53. The third-order valence-electron chi connectivity index (χ3n) is 2.43. The van der Waals surface area contributed by atoms with Gasteiger partial charge in [-0.25, -0.2) is 0 Å². The quantitative estimate of drug-likeness (QED) is 0.547. The van der Waals surface area contributed by atoms with Gasteiger partial charge in [-0.1, -0.05) is 36.8 Å². The predicted molar refractivity (Wildman–Crippen MR) is 63.2 cm³/mol. The number of rotatable bonds is 7. The zero-order valence-electron chi connectivity index (χ0n) is 9.33. The Balaban J connectivity index is 2.20. The molecule has 2 heteroatoms. The van der Waals surface area contributed by atoms with E-state index in [1.54, 1.807) is 0 Å². The molecular weight excluding hydrogens is 186 g/mol. The smallest absolute Gasteiger partial charge is 0.162 e. The highest BCUT2D eigenvalue weighted by atomic mass is 16.1. The summed E-state index contributed by atoms with van der Waals surface area (Å²) in [5, 5.41) is 3.10. The molecule has 0 atom stereocenters. The highest BCUT2D eigenvalue weighted by molar-refractivity contribution is 5.95. The number of Topliss-reactive ketones (excluding diaryl/α,β-unsaturated/α-hetero) is 1. The highest BCUT2D eigenvalue weighted by Crippen LogP contribution is 2.07. The summed E-state index contributed by atoms with van der Waals surface area (Å²) in [6.45, 7) is 1.04. The second kappa shape index (κ2) is 7.18. The van der Waals surface area contributed by atoms with E-state index >= 15 is 0 Å². The molecule has 1 rings (SSSR count). The van der Waals surface area contributed by atoms with Crippen molar-refractivity contribution in [2.45, 2.75) is 25.7 Å². The number of carbonyl (C=O) groups excluding carboxylic acids is 1. The molecule has 0 saturated heterocycles. The Kier molecular flexibility index (Phi) is 5.71. The summed E-state index contributed by atoms with van der Waals surface area (Å²) in [5.41, 5.74) is 0.839. The third-order valence-corrected chi connectivity index (χ3v) is 2.43. The first-order chi connectivity index (χ1) is 7.34. The largest absolute Gasteiger partial charge is 0.320 e. The fourth-order valence-corrected chi connectivity index (χ4v) is 1.53. The first kappa shape index (κ1) is 11.9. The molecule has 1 aromatic carbocycles. The zero-order chi connectivity index (χ0) is 10.9. The standard InChI is InChI=1S/C13H19NO/c1-14-11-7-3-6-10-13(15)12-8-4-2-5-9-12/h2,4-5,8-9,14H,3,6-7,10-11H2,1H3. The zero-order valence-corrected chi connectivity index (χ0v) is 9.33. The SMILES string of the molecule is CNCCCCCC(=O)c1ccccc1. The molecule has 0 fully saturated rings. The molecule has 1 N–H and O–H groups in total. The Morgan fingerprint density at radius 2 is 1.87 bits per heavy atom. The van der Waals surface area contributed by atoms with Gasteiger partial charge < -0.3 is 5.32 Å². The van der Waals surface area contributed by atoms with E-state index in [-0.39, 0.29) is 5.78 Å². The van der Waals surface area contributed by atoms with Crippen molar-refractivity contribution in [2.75, 3.05) is 13.6 Å². The minimum Gasteiger partial charge on any atom is -0.320 e. The van der Waals surface area contributed by atoms with Gasteiger partial charge in [0.15, 0.2) is 5.78 Å². The molecular formula is C13H19NO. The van der Waals surface area contributed by atoms with Crippen LogP contribution in [0.2, 0.25) is 0 Å². The molecule has 0 saturated carbocycles. The van der Waals surface area contributed by atoms with Crippen molar-refractivity contribution < 1.29 is 4.79 Å². The maximum absolute atomic E-state index is 11.7. The first-order valence-electron chi connectivity index (χ1n) is 5.57. The van der Waals surface area contributed by atoms with Gasteiger partial charge >= 0.3 is 0 Å². The van der Waals surface area contributed by atoms with Crippen LogP contribution in [0.4, 0.5) is 0 Å². The molecule has 2 nitrogen and oxygen atoms in total. The molecule has 15 heavy (non-hydrogen) atoms. The summed E-state index contributed by atoms with van der Waals surface area (Å²) in [7, 11) is 1.95. The van der Waals surface area contributed by atoms with Crippen molar-refractivity contribution in [3.8, 4) is 0 Å². The number of hydrogen-bond donors (Lipinski definition) is 1. The molecule has 0 unspecified atom stereocenters. The van der Waals surface area contributed by atoms with Gasteiger partial charge in [0.05, 0.1) is 0 Å². The molecule has 0 aromatic heterocycles. The van der Waals surface area contributed by atoms with Crippen LogP contribution in [0.1, 0.15) is 36.0 Å². The fraction of sp³-hybridized carbons (Fsp3) is 0.462. The minimum atomic E-state index is 0.264. The summed E-state index contributed by atoms with van der Waals surface area (Å²) in [4.78, 5) is 11.7. The van der Waals surface area contributed by atoms with E-state index in [2.05, 4.69) is 5.32 Å². The summed E-state index contributed by atoms with van der Waals surface area (Å²) in [6.07, 6.45) is 3.95. The van der Waals surface area contributed by atoms with Crippen molar-refractivity contribution in [3.63, 3.8) is 0 Å². The predicted octanol–water partition coefficient (Wildman–Crippen LogP) is 2.65. The van der Waals surface area contributed by atoms with Crippen molar-refractivity contribution in [1.29, 1.82) is 0 Å². The molecule has 0 amide bonds. The van der Waals surface area contributed by atoms with E-state index in [0.717, 1.165) is 31.4 Å². The van der Waals surface area contributed by atoms with Gasteiger partial charge in [0.25, 0.3) is 0 Å². The average molecular weight is 205 g/mol. The van der Waals surface area contributed by atoms with E-state index in [4.69, 9.17) is 0 Å². The van der Waals surface area contributed by atoms with Gasteiger partial charge in [-0.2, -0.15) is 0 Å². The lowest BCUT2D eigenvalue weighted by molar-refractivity contribution is 0.0979. The molecule has 0 aliphatic heterocycles. The van der Waals surface area contributed by atoms with Gasteiger partial charge in [0, 0.05) is 12.0 Å². The summed E-state index contributed by atoms with van der Waals surface area (Å²) in [5.74, 6) is 0.264. The number of carbonyl (C=O) groups is 1. The van der Waals surface area contributed by atoms with Crippen LogP contribution in [0.3, 0.4) is 0 Å². The van der Waals surface area contributed by atoms with Crippen LogP contribution >= 0.6 is 0 Å². The van der Waals surface area contributed by atoms with Gasteiger partial charge in [0.2, 0.25) is 0 Å². The summed E-state index contributed by atoms with van der Waals surface area (Å²) < 4.78 is 0. The van der Waals surface area contributed by atoms with Crippen molar-refractivity contribution in [1.82, 2.24) is 5.32 Å². The van der Waals surface area contributed by atoms with Gasteiger partial charge in [-0.05, 0) is 26.4 Å². The molecule has 0 aliphatic carbocycles. The summed E-state index contributed by atoms with van der Waals surface area (Å²) in [6, 6.07) is 9.53. The van der Waals surface area contributed by atoms with Crippen LogP contribution in [0, 0.1) is 0 Å². The Hall–Kier alpha value is -1.15. The van der Waals surface area contributed by atoms with E-state index in [1.807, 2.05) is 37.4 Å². The van der Waals surface area contributed by atoms with Crippen LogP contribution in [0.15, 0.2) is 30.3 Å². The van der Waals surface area contributed by atoms with Crippen LogP contribution in [-0.4, -0.2) is 19.4 Å². The lowest BCUT2D eigenvalue weighted by atomic mass is 10.0. The monoisotopic (exact) mass is 205 g/mol. The van der Waals surface area contributed by atoms with E-state index in [1.165, 1.54) is 0 Å². The van der Waals surface area contributed by atoms with Gasteiger partial charge in [-0.15, -0.1) is 0 Å². The Labute approximate surface area is 91.7 Å². The van der Waals surface area contributed by atoms with Crippen LogP contribution in [-0.2, 0) is 0 Å². The molecule has 82 valence electrons. The molecule has 1 aromatic rings. The lowest BCUT2D eigenvalue weighted by Crippen LogP contribution is -2.07. The molecule has 0 spiro atoms. The topological polar surface area (TPSA) is 29.1 Å².